The first-order valence-electron chi connectivity index (χ1n) is 5.73. The molecule has 0 aliphatic rings. The number of rotatable bonds is 3. The molecule has 0 aromatic heterocycles. The Labute approximate surface area is 107 Å². The van der Waals surface area contributed by atoms with Crippen LogP contribution in [0.4, 0.5) is 26.3 Å². The van der Waals surface area contributed by atoms with Gasteiger partial charge in [0.05, 0.1) is 12.3 Å². The molecule has 0 aliphatic heterocycles. The monoisotopic (exact) mass is 284 g/mol. The summed E-state index contributed by atoms with van der Waals surface area (Å²) < 4.78 is 74.0. The van der Waals surface area contributed by atoms with Crippen LogP contribution in [0.5, 0.6) is 0 Å². The Hall–Kier alpha value is -1.20. The van der Waals surface area contributed by atoms with Crippen LogP contribution in [0.1, 0.15) is 30.9 Å². The van der Waals surface area contributed by atoms with E-state index >= 15 is 0 Å². The lowest BCUT2D eigenvalue weighted by atomic mass is 9.88. The van der Waals surface area contributed by atoms with Crippen LogP contribution in [0.2, 0.25) is 0 Å². The largest absolute Gasteiger partial charge is 0.393 e. The van der Waals surface area contributed by atoms with Crippen molar-refractivity contribution in [3.8, 4) is 0 Å². The maximum absolute atomic E-state index is 12.5. The molecular formula is C13H14F6. The van der Waals surface area contributed by atoms with Gasteiger partial charge in [-0.25, -0.2) is 0 Å². The second-order valence-corrected chi connectivity index (χ2v) is 4.65. The predicted molar refractivity (Wildman–Crippen MR) is 59.8 cm³/mol. The van der Waals surface area contributed by atoms with Crippen LogP contribution < -0.4 is 0 Å². The van der Waals surface area contributed by atoms with Crippen LogP contribution in [0.3, 0.4) is 0 Å². The fourth-order valence-corrected chi connectivity index (χ4v) is 1.74. The molecular weight excluding hydrogens is 270 g/mol. The van der Waals surface area contributed by atoms with Crippen LogP contribution in [0, 0.1) is 5.92 Å². The number of halogens is 6. The van der Waals surface area contributed by atoms with Gasteiger partial charge in [0.2, 0.25) is 0 Å². The van der Waals surface area contributed by atoms with Gasteiger partial charge in [-0.15, -0.1) is 0 Å². The quantitative estimate of drug-likeness (QED) is 0.678. The molecule has 0 nitrogen and oxygen atoms in total. The summed E-state index contributed by atoms with van der Waals surface area (Å²) in [5.41, 5.74) is 0.430. The van der Waals surface area contributed by atoms with Gasteiger partial charge < -0.3 is 0 Å². The van der Waals surface area contributed by atoms with Gasteiger partial charge in [0.1, 0.15) is 0 Å². The van der Waals surface area contributed by atoms with Crippen molar-refractivity contribution in [3.05, 3.63) is 35.4 Å². The number of alkyl halides is 6. The fourth-order valence-electron chi connectivity index (χ4n) is 1.74. The van der Waals surface area contributed by atoms with Gasteiger partial charge in [-0.3, -0.25) is 0 Å². The lowest BCUT2D eigenvalue weighted by Gasteiger charge is -2.23. The lowest BCUT2D eigenvalue weighted by Crippen LogP contribution is -2.24. The summed E-state index contributed by atoms with van der Waals surface area (Å²) in [5, 5.41) is 0. The van der Waals surface area contributed by atoms with Gasteiger partial charge in [-0.1, -0.05) is 38.1 Å². The molecule has 0 heterocycles. The predicted octanol–water partition coefficient (Wildman–Crippen LogP) is 5.09. The zero-order valence-corrected chi connectivity index (χ0v) is 10.4. The zero-order valence-electron chi connectivity index (χ0n) is 10.4. The van der Waals surface area contributed by atoms with E-state index < -0.39 is 30.6 Å². The number of hydrogen-bond donors (Lipinski definition) is 0. The molecule has 0 aliphatic carbocycles. The van der Waals surface area contributed by atoms with Crippen LogP contribution in [-0.2, 0) is 6.42 Å². The Kier molecular flexibility index (Phi) is 4.53. The van der Waals surface area contributed by atoms with Crippen molar-refractivity contribution in [2.45, 2.75) is 38.5 Å². The first kappa shape index (κ1) is 15.9. The van der Waals surface area contributed by atoms with E-state index in [9.17, 15) is 26.3 Å². The molecule has 19 heavy (non-hydrogen) atoms. The van der Waals surface area contributed by atoms with Gasteiger partial charge in [0.15, 0.2) is 0 Å². The van der Waals surface area contributed by atoms with E-state index in [4.69, 9.17) is 0 Å². The average molecular weight is 284 g/mol. The number of hydrogen-bond acceptors (Lipinski definition) is 0. The first-order valence-corrected chi connectivity index (χ1v) is 5.73. The molecule has 0 saturated carbocycles. The van der Waals surface area contributed by atoms with Gasteiger partial charge >= 0.3 is 12.4 Å². The van der Waals surface area contributed by atoms with Gasteiger partial charge in [0, 0.05) is 0 Å². The molecule has 108 valence electrons. The van der Waals surface area contributed by atoms with Crippen molar-refractivity contribution in [2.24, 2.45) is 5.92 Å². The van der Waals surface area contributed by atoms with Crippen molar-refractivity contribution in [1.82, 2.24) is 0 Å². The highest BCUT2D eigenvalue weighted by Crippen LogP contribution is 2.37. The molecule has 0 amide bonds. The van der Waals surface area contributed by atoms with Crippen molar-refractivity contribution < 1.29 is 26.3 Å². The summed E-state index contributed by atoms with van der Waals surface area (Å²) in [6.45, 7) is 2.48. The second kappa shape index (κ2) is 5.43. The van der Waals surface area contributed by atoms with E-state index in [-0.39, 0.29) is 5.56 Å². The minimum absolute atomic E-state index is 0.0445. The molecule has 0 spiro atoms. The summed E-state index contributed by atoms with van der Waals surface area (Å²) in [7, 11) is 0. The van der Waals surface area contributed by atoms with Crippen LogP contribution in [0.25, 0.3) is 0 Å². The van der Waals surface area contributed by atoms with Crippen LogP contribution in [0.15, 0.2) is 24.3 Å². The Morgan fingerprint density at radius 3 is 1.74 bits per heavy atom. The molecule has 1 aromatic carbocycles. The molecule has 0 radical (unpaired) electrons. The van der Waals surface area contributed by atoms with Crippen LogP contribution in [-0.4, -0.2) is 12.4 Å². The minimum atomic E-state index is -4.32. The van der Waals surface area contributed by atoms with E-state index in [1.54, 1.807) is 0 Å². The highest BCUT2D eigenvalue weighted by Gasteiger charge is 2.39. The lowest BCUT2D eigenvalue weighted by molar-refractivity contribution is -0.174. The van der Waals surface area contributed by atoms with Crippen molar-refractivity contribution in [2.75, 3.05) is 0 Å². The molecule has 0 fully saturated rings. The molecule has 0 saturated heterocycles. The Balaban J connectivity index is 2.82. The molecule has 1 aromatic rings. The smallest absolute Gasteiger partial charge is 0.171 e. The van der Waals surface area contributed by atoms with Crippen molar-refractivity contribution in [1.29, 1.82) is 0 Å². The second-order valence-electron chi connectivity index (χ2n) is 4.65. The molecule has 6 heteroatoms. The summed E-state index contributed by atoms with van der Waals surface area (Å²) in [6.07, 6.45) is -9.70. The van der Waals surface area contributed by atoms with E-state index in [2.05, 4.69) is 0 Å². The Morgan fingerprint density at radius 2 is 1.37 bits per heavy atom. The topological polar surface area (TPSA) is 0 Å². The molecule has 2 atom stereocenters. The third kappa shape index (κ3) is 4.76. The maximum atomic E-state index is 12.5. The van der Waals surface area contributed by atoms with E-state index in [1.165, 1.54) is 31.2 Å². The highest BCUT2D eigenvalue weighted by molar-refractivity contribution is 5.26. The van der Waals surface area contributed by atoms with E-state index in [0.717, 1.165) is 6.92 Å². The average Bonchev–Trinajstić information content (AvgIpc) is 2.24. The SMILES string of the molecule is CC(c1ccc(CC(F)(F)F)cc1)C(C)C(F)(F)F. The highest BCUT2D eigenvalue weighted by atomic mass is 19.4. The standard InChI is InChI=1S/C13H14F6/c1-8(9(2)13(17,18)19)11-5-3-10(4-6-11)7-12(14,15)16/h3-6,8-9H,7H2,1-2H3. The van der Waals surface area contributed by atoms with Crippen molar-refractivity contribution >= 4 is 0 Å². The normalized spacial score (nSPS) is 16.2. The van der Waals surface area contributed by atoms with Gasteiger partial charge in [-0.2, -0.15) is 26.3 Å². The fraction of sp³-hybridized carbons (Fsp3) is 0.538. The Morgan fingerprint density at radius 1 is 0.895 bits per heavy atom. The van der Waals surface area contributed by atoms with E-state index in [1.807, 2.05) is 0 Å². The van der Waals surface area contributed by atoms with Gasteiger partial charge in [-0.05, 0) is 17.0 Å². The Bertz CT molecular complexity index is 401. The van der Waals surface area contributed by atoms with E-state index in [0.29, 0.717) is 5.56 Å². The maximum Gasteiger partial charge on any atom is 0.393 e. The molecule has 0 N–H and O–H groups in total. The van der Waals surface area contributed by atoms with Crippen molar-refractivity contribution in [3.63, 3.8) is 0 Å². The van der Waals surface area contributed by atoms with Gasteiger partial charge in [0.25, 0.3) is 0 Å². The molecule has 1 rings (SSSR count). The summed E-state index contributed by atoms with van der Waals surface area (Å²) in [6, 6.07) is 5.10. The molecule has 0 bridgehead atoms. The minimum Gasteiger partial charge on any atom is -0.171 e. The zero-order chi connectivity index (χ0) is 14.8. The summed E-state index contributed by atoms with van der Waals surface area (Å²) in [5.74, 6) is -2.33. The number of benzene rings is 1. The third-order valence-electron chi connectivity index (χ3n) is 3.18. The molecule has 2 unspecified atom stereocenters. The summed E-state index contributed by atoms with van der Waals surface area (Å²) >= 11 is 0. The first-order chi connectivity index (χ1) is 8.50. The van der Waals surface area contributed by atoms with Crippen LogP contribution >= 0.6 is 0 Å². The summed E-state index contributed by atoms with van der Waals surface area (Å²) in [4.78, 5) is 0. The third-order valence-corrected chi connectivity index (χ3v) is 3.18.